The number of nitrogens with two attached hydrogens (primary N) is 1. The van der Waals surface area contributed by atoms with E-state index in [1.165, 1.54) is 0 Å². The average molecular weight is 286 g/mol. The molecule has 2 N–H and O–H groups in total. The van der Waals surface area contributed by atoms with E-state index in [1.807, 2.05) is 36.1 Å². The molecule has 0 radical (unpaired) electrons. The predicted octanol–water partition coefficient (Wildman–Crippen LogP) is 1.64. The lowest BCUT2D eigenvalue weighted by Gasteiger charge is -2.24. The number of carbonyl (C=O) groups excluding carboxylic acids is 1. The van der Waals surface area contributed by atoms with E-state index in [-0.39, 0.29) is 18.6 Å². The van der Waals surface area contributed by atoms with Crippen LogP contribution in [0.15, 0.2) is 24.3 Å². The number of carbonyl (C=O) groups is 1. The molecule has 0 bridgehead atoms. The second kappa shape index (κ2) is 7.82. The fourth-order valence-electron chi connectivity index (χ4n) is 2.48. The van der Waals surface area contributed by atoms with Crippen molar-refractivity contribution in [3.63, 3.8) is 0 Å². The van der Waals surface area contributed by atoms with Crippen molar-refractivity contribution < 1.29 is 9.53 Å². The van der Waals surface area contributed by atoms with Crippen molar-refractivity contribution in [3.8, 4) is 11.8 Å². The lowest BCUT2D eigenvalue weighted by molar-refractivity contribution is 0.0539. The Labute approximate surface area is 126 Å². The van der Waals surface area contributed by atoms with Crippen LogP contribution in [0, 0.1) is 11.8 Å². The van der Waals surface area contributed by atoms with Gasteiger partial charge in [0.1, 0.15) is 0 Å². The zero-order valence-electron chi connectivity index (χ0n) is 12.5. The van der Waals surface area contributed by atoms with Crippen LogP contribution in [0.4, 0.5) is 0 Å². The summed E-state index contributed by atoms with van der Waals surface area (Å²) in [5.74, 6) is 5.79. The molecule has 0 aliphatic carbocycles. The van der Waals surface area contributed by atoms with Crippen molar-refractivity contribution in [1.82, 2.24) is 4.90 Å². The number of benzene rings is 1. The smallest absolute Gasteiger partial charge is 0.255 e. The third-order valence-electron chi connectivity index (χ3n) is 3.60. The van der Waals surface area contributed by atoms with Gasteiger partial charge in [-0.1, -0.05) is 24.0 Å². The molecule has 2 rings (SSSR count). The lowest BCUT2D eigenvalue weighted by Crippen LogP contribution is -2.37. The van der Waals surface area contributed by atoms with Gasteiger partial charge in [-0.3, -0.25) is 4.79 Å². The molecule has 1 heterocycles. The van der Waals surface area contributed by atoms with Crippen molar-refractivity contribution in [2.24, 2.45) is 5.73 Å². The van der Waals surface area contributed by atoms with Gasteiger partial charge >= 0.3 is 0 Å². The highest BCUT2D eigenvalue weighted by molar-refractivity contribution is 5.96. The van der Waals surface area contributed by atoms with Crippen LogP contribution in [0.25, 0.3) is 0 Å². The van der Waals surface area contributed by atoms with Gasteiger partial charge in [0.05, 0.1) is 18.2 Å². The minimum Gasteiger partial charge on any atom is -0.376 e. The van der Waals surface area contributed by atoms with E-state index in [9.17, 15) is 4.79 Å². The molecule has 1 amide bonds. The summed E-state index contributed by atoms with van der Waals surface area (Å²) in [5, 5.41) is 0. The third-order valence-corrected chi connectivity index (χ3v) is 3.60. The SMILES string of the molecule is CCN(CC1CCCO1)C(=O)c1ccccc1C#CCN. The predicted molar refractivity (Wildman–Crippen MR) is 82.9 cm³/mol. The number of nitrogens with zero attached hydrogens (tertiary/aromatic N) is 1. The Bertz CT molecular complexity index is 539. The van der Waals surface area contributed by atoms with Gasteiger partial charge in [0.2, 0.25) is 0 Å². The standard InChI is InChI=1S/C17H22N2O2/c1-2-19(13-15-9-6-12-21-15)17(20)16-10-4-3-7-14(16)8-5-11-18/h3-4,7,10,15H,2,6,9,11-13,18H2,1H3. The molecule has 0 aromatic heterocycles. The molecule has 112 valence electrons. The summed E-state index contributed by atoms with van der Waals surface area (Å²) in [5.41, 5.74) is 6.78. The Balaban J connectivity index is 2.16. The Kier molecular flexibility index (Phi) is 5.79. The van der Waals surface area contributed by atoms with Crippen molar-refractivity contribution in [1.29, 1.82) is 0 Å². The van der Waals surface area contributed by atoms with E-state index in [1.54, 1.807) is 0 Å². The molecule has 1 aliphatic heterocycles. The number of ether oxygens (including phenoxy) is 1. The summed E-state index contributed by atoms with van der Waals surface area (Å²) in [6.07, 6.45) is 2.27. The summed E-state index contributed by atoms with van der Waals surface area (Å²) in [6.45, 7) is 4.39. The van der Waals surface area contributed by atoms with Crippen molar-refractivity contribution >= 4 is 5.91 Å². The molecule has 4 heteroatoms. The van der Waals surface area contributed by atoms with Gasteiger partial charge in [0.15, 0.2) is 0 Å². The molecule has 1 aromatic carbocycles. The zero-order chi connectivity index (χ0) is 15.1. The van der Waals surface area contributed by atoms with Gasteiger partial charge in [-0.25, -0.2) is 0 Å². The van der Waals surface area contributed by atoms with E-state index in [4.69, 9.17) is 10.5 Å². The number of hydrogen-bond acceptors (Lipinski definition) is 3. The highest BCUT2D eigenvalue weighted by Gasteiger charge is 2.23. The Morgan fingerprint density at radius 3 is 2.95 bits per heavy atom. The minimum atomic E-state index is 0.00919. The molecule has 4 nitrogen and oxygen atoms in total. The topological polar surface area (TPSA) is 55.6 Å². The molecule has 1 aromatic rings. The number of amides is 1. The second-order valence-corrected chi connectivity index (χ2v) is 5.03. The first-order chi connectivity index (χ1) is 10.3. The molecule has 1 atom stereocenters. The summed E-state index contributed by atoms with van der Waals surface area (Å²) in [7, 11) is 0. The molecule has 0 spiro atoms. The van der Waals surface area contributed by atoms with Gasteiger partial charge in [-0.05, 0) is 31.9 Å². The fraction of sp³-hybridized carbons (Fsp3) is 0.471. The van der Waals surface area contributed by atoms with Crippen LogP contribution in [-0.4, -0.2) is 43.2 Å². The maximum atomic E-state index is 12.7. The molecule has 21 heavy (non-hydrogen) atoms. The van der Waals surface area contributed by atoms with E-state index in [2.05, 4.69) is 11.8 Å². The normalized spacial score (nSPS) is 17.1. The molecule has 1 aliphatic rings. The minimum absolute atomic E-state index is 0.00919. The molecule has 1 unspecified atom stereocenters. The Morgan fingerprint density at radius 1 is 1.48 bits per heavy atom. The van der Waals surface area contributed by atoms with Crippen LogP contribution >= 0.6 is 0 Å². The zero-order valence-corrected chi connectivity index (χ0v) is 12.5. The largest absolute Gasteiger partial charge is 0.376 e. The van der Waals surface area contributed by atoms with Crippen LogP contribution in [0.2, 0.25) is 0 Å². The highest BCUT2D eigenvalue weighted by Crippen LogP contribution is 2.16. The van der Waals surface area contributed by atoms with Gasteiger partial charge in [0.25, 0.3) is 5.91 Å². The monoisotopic (exact) mass is 286 g/mol. The maximum absolute atomic E-state index is 12.7. The van der Waals surface area contributed by atoms with Gasteiger partial charge in [-0.2, -0.15) is 0 Å². The fourth-order valence-corrected chi connectivity index (χ4v) is 2.48. The summed E-state index contributed by atoms with van der Waals surface area (Å²) >= 11 is 0. The van der Waals surface area contributed by atoms with Gasteiger partial charge in [0, 0.05) is 25.3 Å². The van der Waals surface area contributed by atoms with Gasteiger partial charge in [-0.15, -0.1) is 0 Å². The van der Waals surface area contributed by atoms with E-state index >= 15 is 0 Å². The van der Waals surface area contributed by atoms with Crippen LogP contribution in [0.5, 0.6) is 0 Å². The van der Waals surface area contributed by atoms with Crippen LogP contribution < -0.4 is 5.73 Å². The van der Waals surface area contributed by atoms with E-state index < -0.39 is 0 Å². The average Bonchev–Trinajstić information content (AvgIpc) is 3.03. The van der Waals surface area contributed by atoms with Crippen molar-refractivity contribution in [3.05, 3.63) is 35.4 Å². The second-order valence-electron chi connectivity index (χ2n) is 5.03. The van der Waals surface area contributed by atoms with E-state index in [0.717, 1.165) is 25.0 Å². The number of likely N-dealkylation sites (N-methyl/N-ethyl adjacent to an activating group) is 1. The third kappa shape index (κ3) is 4.07. The van der Waals surface area contributed by atoms with E-state index in [0.29, 0.717) is 18.7 Å². The summed E-state index contributed by atoms with van der Waals surface area (Å²) < 4.78 is 5.63. The van der Waals surface area contributed by atoms with Crippen LogP contribution in [0.3, 0.4) is 0 Å². The first kappa shape index (κ1) is 15.6. The molecular formula is C17H22N2O2. The molecule has 1 fully saturated rings. The first-order valence-electron chi connectivity index (χ1n) is 7.45. The molecule has 1 saturated heterocycles. The first-order valence-corrected chi connectivity index (χ1v) is 7.45. The number of hydrogen-bond donors (Lipinski definition) is 1. The quantitative estimate of drug-likeness (QED) is 0.856. The lowest BCUT2D eigenvalue weighted by atomic mass is 10.1. The maximum Gasteiger partial charge on any atom is 0.255 e. The summed E-state index contributed by atoms with van der Waals surface area (Å²) in [6, 6.07) is 7.42. The van der Waals surface area contributed by atoms with Crippen molar-refractivity contribution in [2.45, 2.75) is 25.9 Å². The van der Waals surface area contributed by atoms with Gasteiger partial charge < -0.3 is 15.4 Å². The van der Waals surface area contributed by atoms with Crippen LogP contribution in [-0.2, 0) is 4.74 Å². The Hall–Kier alpha value is -1.83. The summed E-state index contributed by atoms with van der Waals surface area (Å²) in [4.78, 5) is 14.6. The van der Waals surface area contributed by atoms with Crippen LogP contribution in [0.1, 0.15) is 35.7 Å². The molecule has 0 saturated carbocycles. The highest BCUT2D eigenvalue weighted by atomic mass is 16.5. The van der Waals surface area contributed by atoms with Crippen molar-refractivity contribution in [2.75, 3.05) is 26.2 Å². The molecular weight excluding hydrogens is 264 g/mol. The Morgan fingerprint density at radius 2 is 2.29 bits per heavy atom. The number of rotatable bonds is 4.